The van der Waals surface area contributed by atoms with Gasteiger partial charge in [-0.1, -0.05) is 18.2 Å². The molecule has 0 aliphatic carbocycles. The maximum absolute atomic E-state index is 11.4. The third kappa shape index (κ3) is 3.54. The van der Waals surface area contributed by atoms with Gasteiger partial charge in [0.15, 0.2) is 0 Å². The van der Waals surface area contributed by atoms with Gasteiger partial charge < -0.3 is 15.2 Å². The summed E-state index contributed by atoms with van der Waals surface area (Å²) in [5, 5.41) is 11.7. The van der Waals surface area contributed by atoms with Crippen molar-refractivity contribution in [3.05, 3.63) is 34.9 Å². The Kier molecular flexibility index (Phi) is 5.12. The molecular formula is C13H19NO3. The van der Waals surface area contributed by atoms with E-state index in [9.17, 15) is 4.79 Å². The SMILES string of the molecule is CNC(=O)CC(OC)c1cc(CO)ccc1C. The van der Waals surface area contributed by atoms with E-state index >= 15 is 0 Å². The van der Waals surface area contributed by atoms with Crippen LogP contribution in [0.3, 0.4) is 0 Å². The molecule has 0 aliphatic rings. The van der Waals surface area contributed by atoms with Crippen molar-refractivity contribution >= 4 is 5.91 Å². The van der Waals surface area contributed by atoms with Crippen LogP contribution >= 0.6 is 0 Å². The van der Waals surface area contributed by atoms with Crippen LogP contribution in [0, 0.1) is 6.92 Å². The molecule has 1 unspecified atom stereocenters. The summed E-state index contributed by atoms with van der Waals surface area (Å²) in [6.07, 6.45) is 0.00404. The van der Waals surface area contributed by atoms with Crippen molar-refractivity contribution in [2.24, 2.45) is 0 Å². The highest BCUT2D eigenvalue weighted by Crippen LogP contribution is 2.25. The number of amides is 1. The van der Waals surface area contributed by atoms with Gasteiger partial charge in [0.2, 0.25) is 5.91 Å². The summed E-state index contributed by atoms with van der Waals surface area (Å²) < 4.78 is 5.35. The molecule has 0 bridgehead atoms. The Morgan fingerprint density at radius 3 is 2.76 bits per heavy atom. The summed E-state index contributed by atoms with van der Waals surface area (Å²) in [4.78, 5) is 11.4. The van der Waals surface area contributed by atoms with Crippen LogP contribution in [-0.2, 0) is 16.1 Å². The third-order valence-corrected chi connectivity index (χ3v) is 2.81. The van der Waals surface area contributed by atoms with Gasteiger partial charge >= 0.3 is 0 Å². The van der Waals surface area contributed by atoms with Gasteiger partial charge in [0.25, 0.3) is 0 Å². The van der Waals surface area contributed by atoms with Crippen molar-refractivity contribution in [3.63, 3.8) is 0 Å². The van der Waals surface area contributed by atoms with Crippen LogP contribution in [0.1, 0.15) is 29.2 Å². The van der Waals surface area contributed by atoms with Crippen LogP contribution < -0.4 is 5.32 Å². The Labute approximate surface area is 102 Å². The molecule has 1 atom stereocenters. The molecular weight excluding hydrogens is 218 g/mol. The number of rotatable bonds is 5. The van der Waals surface area contributed by atoms with E-state index in [0.29, 0.717) is 0 Å². The second-order valence-corrected chi connectivity index (χ2v) is 3.95. The number of methoxy groups -OCH3 is 1. The lowest BCUT2D eigenvalue weighted by molar-refractivity contribution is -0.123. The van der Waals surface area contributed by atoms with Crippen molar-refractivity contribution in [2.75, 3.05) is 14.2 Å². The Bertz CT molecular complexity index is 390. The Morgan fingerprint density at radius 1 is 1.53 bits per heavy atom. The highest BCUT2D eigenvalue weighted by atomic mass is 16.5. The first-order valence-corrected chi connectivity index (χ1v) is 5.56. The summed E-state index contributed by atoms with van der Waals surface area (Å²) in [6.45, 7) is 1.95. The predicted molar refractivity (Wildman–Crippen MR) is 65.5 cm³/mol. The average Bonchev–Trinajstić information content (AvgIpc) is 2.36. The highest BCUT2D eigenvalue weighted by Gasteiger charge is 2.17. The number of hydrogen-bond acceptors (Lipinski definition) is 3. The van der Waals surface area contributed by atoms with E-state index in [0.717, 1.165) is 16.7 Å². The maximum atomic E-state index is 11.4. The standard InChI is InChI=1S/C13H19NO3/c1-9-4-5-10(8-15)6-11(9)12(17-3)7-13(16)14-2/h4-6,12,15H,7-8H2,1-3H3,(H,14,16). The van der Waals surface area contributed by atoms with Crippen LogP contribution in [0.2, 0.25) is 0 Å². The molecule has 4 nitrogen and oxygen atoms in total. The van der Waals surface area contributed by atoms with Gasteiger partial charge in [-0.15, -0.1) is 0 Å². The quantitative estimate of drug-likeness (QED) is 0.811. The molecule has 0 aromatic heterocycles. The first-order chi connectivity index (χ1) is 8.12. The molecule has 1 aromatic carbocycles. The predicted octanol–water partition coefficient (Wildman–Crippen LogP) is 1.31. The topological polar surface area (TPSA) is 58.6 Å². The number of aryl methyl sites for hydroxylation is 1. The number of aliphatic hydroxyl groups excluding tert-OH is 1. The molecule has 0 heterocycles. The molecule has 94 valence electrons. The van der Waals surface area contributed by atoms with Gasteiger partial charge in [-0.3, -0.25) is 4.79 Å². The molecule has 1 aromatic rings. The van der Waals surface area contributed by atoms with Crippen LogP contribution in [0.5, 0.6) is 0 Å². The Hall–Kier alpha value is -1.39. The van der Waals surface area contributed by atoms with E-state index in [1.54, 1.807) is 14.2 Å². The zero-order chi connectivity index (χ0) is 12.8. The number of aliphatic hydroxyl groups is 1. The molecule has 1 amide bonds. The minimum absolute atomic E-state index is 0.0102. The van der Waals surface area contributed by atoms with Gasteiger partial charge in [-0.2, -0.15) is 0 Å². The first kappa shape index (κ1) is 13.7. The Balaban J connectivity index is 2.97. The van der Waals surface area contributed by atoms with Gasteiger partial charge in [-0.05, 0) is 23.6 Å². The van der Waals surface area contributed by atoms with Gasteiger partial charge in [-0.25, -0.2) is 0 Å². The summed E-state index contributed by atoms with van der Waals surface area (Å²) in [5.41, 5.74) is 2.82. The average molecular weight is 237 g/mol. The van der Waals surface area contributed by atoms with Crippen LogP contribution in [-0.4, -0.2) is 25.2 Å². The molecule has 17 heavy (non-hydrogen) atoms. The van der Waals surface area contributed by atoms with Crippen molar-refractivity contribution in [2.45, 2.75) is 26.1 Å². The summed E-state index contributed by atoms with van der Waals surface area (Å²) in [7, 11) is 3.19. The van der Waals surface area contributed by atoms with Crippen molar-refractivity contribution in [1.82, 2.24) is 5.32 Å². The smallest absolute Gasteiger partial charge is 0.222 e. The van der Waals surface area contributed by atoms with Crippen molar-refractivity contribution < 1.29 is 14.6 Å². The molecule has 1 rings (SSSR count). The van der Waals surface area contributed by atoms with Gasteiger partial charge in [0, 0.05) is 14.2 Å². The number of benzene rings is 1. The second kappa shape index (κ2) is 6.37. The lowest BCUT2D eigenvalue weighted by atomic mass is 9.98. The minimum Gasteiger partial charge on any atom is -0.392 e. The zero-order valence-corrected chi connectivity index (χ0v) is 10.5. The summed E-state index contributed by atoms with van der Waals surface area (Å²) in [5.74, 6) is -0.0642. The van der Waals surface area contributed by atoms with E-state index in [2.05, 4.69) is 5.32 Å². The summed E-state index contributed by atoms with van der Waals surface area (Å²) in [6, 6.07) is 5.68. The van der Waals surface area contributed by atoms with Gasteiger partial charge in [0.1, 0.15) is 0 Å². The van der Waals surface area contributed by atoms with E-state index in [1.807, 2.05) is 25.1 Å². The van der Waals surface area contributed by atoms with Crippen LogP contribution in [0.4, 0.5) is 0 Å². The lowest BCUT2D eigenvalue weighted by Gasteiger charge is -2.18. The zero-order valence-electron chi connectivity index (χ0n) is 10.5. The molecule has 4 heteroatoms. The van der Waals surface area contributed by atoms with Crippen LogP contribution in [0.25, 0.3) is 0 Å². The van der Waals surface area contributed by atoms with Crippen LogP contribution in [0.15, 0.2) is 18.2 Å². The molecule has 0 spiro atoms. The molecule has 0 radical (unpaired) electrons. The fourth-order valence-corrected chi connectivity index (χ4v) is 1.73. The molecule has 2 N–H and O–H groups in total. The van der Waals surface area contributed by atoms with Gasteiger partial charge in [0.05, 0.1) is 19.1 Å². The fraction of sp³-hybridized carbons (Fsp3) is 0.462. The molecule has 0 saturated carbocycles. The molecule has 0 fully saturated rings. The van der Waals surface area contributed by atoms with Crippen molar-refractivity contribution in [1.29, 1.82) is 0 Å². The largest absolute Gasteiger partial charge is 0.392 e. The maximum Gasteiger partial charge on any atom is 0.222 e. The van der Waals surface area contributed by atoms with E-state index in [1.165, 1.54) is 0 Å². The third-order valence-electron chi connectivity index (χ3n) is 2.81. The normalized spacial score (nSPS) is 12.2. The van der Waals surface area contributed by atoms with Crippen molar-refractivity contribution in [3.8, 4) is 0 Å². The minimum atomic E-state index is -0.276. The number of ether oxygens (including phenoxy) is 1. The molecule has 0 aliphatic heterocycles. The lowest BCUT2D eigenvalue weighted by Crippen LogP contribution is -2.21. The van der Waals surface area contributed by atoms with E-state index < -0.39 is 0 Å². The summed E-state index contributed by atoms with van der Waals surface area (Å²) >= 11 is 0. The monoisotopic (exact) mass is 237 g/mol. The number of carbonyl (C=O) groups excluding carboxylic acids is 1. The second-order valence-electron chi connectivity index (χ2n) is 3.95. The first-order valence-electron chi connectivity index (χ1n) is 5.56. The number of hydrogen-bond donors (Lipinski definition) is 2. The van der Waals surface area contributed by atoms with E-state index in [4.69, 9.17) is 9.84 Å². The number of carbonyl (C=O) groups is 1. The number of nitrogens with one attached hydrogen (secondary N) is 1. The fourth-order valence-electron chi connectivity index (χ4n) is 1.73. The highest BCUT2D eigenvalue weighted by molar-refractivity contribution is 5.76. The molecule has 0 saturated heterocycles. The Morgan fingerprint density at radius 2 is 2.24 bits per heavy atom. The van der Waals surface area contributed by atoms with E-state index in [-0.39, 0.29) is 25.0 Å².